The van der Waals surface area contributed by atoms with Gasteiger partial charge in [0.2, 0.25) is 5.89 Å². The van der Waals surface area contributed by atoms with Gasteiger partial charge in [-0.05, 0) is 25.0 Å². The minimum absolute atomic E-state index is 0.0738. The minimum Gasteiger partial charge on any atom is -0.481 e. The molecule has 126 valence electrons. The number of hydrogen-bond acceptors (Lipinski definition) is 4. The first-order valence-corrected chi connectivity index (χ1v) is 7.39. The van der Waals surface area contributed by atoms with Crippen molar-refractivity contribution < 1.29 is 27.9 Å². The molecule has 1 aliphatic rings. The first-order chi connectivity index (χ1) is 11.5. The second-order valence-corrected chi connectivity index (χ2v) is 5.56. The number of carbonyl (C=O) groups excluding carboxylic acids is 1. The average Bonchev–Trinajstić information content (AvgIpc) is 3.03. The Morgan fingerprint density at radius 1 is 1.29 bits per heavy atom. The van der Waals surface area contributed by atoms with Gasteiger partial charge < -0.3 is 14.4 Å². The molecular weight excluding hydrogens is 322 g/mol. The summed E-state index contributed by atoms with van der Waals surface area (Å²) in [5.74, 6) is -4.13. The summed E-state index contributed by atoms with van der Waals surface area (Å²) >= 11 is 0. The molecule has 1 N–H and O–H groups in total. The van der Waals surface area contributed by atoms with Crippen molar-refractivity contribution in [2.75, 3.05) is 13.1 Å². The molecule has 1 amide bonds. The molecule has 1 fully saturated rings. The second-order valence-electron chi connectivity index (χ2n) is 5.56. The summed E-state index contributed by atoms with van der Waals surface area (Å²) in [6.07, 6.45) is 2.09. The Morgan fingerprint density at radius 3 is 2.67 bits per heavy atom. The fourth-order valence-corrected chi connectivity index (χ4v) is 2.71. The fraction of sp³-hybridized carbons (Fsp3) is 0.312. The normalized spacial score (nSPS) is 17.8. The van der Waals surface area contributed by atoms with Gasteiger partial charge in [0.05, 0.1) is 5.92 Å². The van der Waals surface area contributed by atoms with Gasteiger partial charge in [-0.2, -0.15) is 0 Å². The number of aromatic nitrogens is 1. The zero-order chi connectivity index (χ0) is 17.3. The Bertz CT molecular complexity index is 770. The first-order valence-electron chi connectivity index (χ1n) is 7.39. The number of likely N-dealkylation sites (tertiary alicyclic amines) is 1. The monoisotopic (exact) mass is 336 g/mol. The minimum atomic E-state index is -0.957. The lowest BCUT2D eigenvalue weighted by Gasteiger charge is -2.29. The maximum absolute atomic E-state index is 13.7. The molecule has 24 heavy (non-hydrogen) atoms. The highest BCUT2D eigenvalue weighted by molar-refractivity contribution is 5.92. The van der Waals surface area contributed by atoms with E-state index in [9.17, 15) is 18.4 Å². The molecule has 1 aromatic carbocycles. The molecule has 1 atom stereocenters. The van der Waals surface area contributed by atoms with E-state index in [0.29, 0.717) is 19.4 Å². The van der Waals surface area contributed by atoms with Crippen molar-refractivity contribution in [3.8, 4) is 11.5 Å². The van der Waals surface area contributed by atoms with Crippen molar-refractivity contribution in [3.05, 3.63) is 41.8 Å². The van der Waals surface area contributed by atoms with Gasteiger partial charge in [0.1, 0.15) is 23.5 Å². The molecule has 3 rings (SSSR count). The van der Waals surface area contributed by atoms with Crippen molar-refractivity contribution in [3.63, 3.8) is 0 Å². The Balaban J connectivity index is 1.83. The van der Waals surface area contributed by atoms with E-state index in [1.165, 1.54) is 11.0 Å². The number of nitrogens with zero attached hydrogens (tertiary/aromatic N) is 2. The molecular formula is C16H14F2N2O4. The van der Waals surface area contributed by atoms with E-state index in [-0.39, 0.29) is 18.1 Å². The molecule has 1 aliphatic heterocycles. The van der Waals surface area contributed by atoms with Gasteiger partial charge in [-0.15, -0.1) is 0 Å². The van der Waals surface area contributed by atoms with Crippen molar-refractivity contribution in [2.45, 2.75) is 12.8 Å². The lowest BCUT2D eigenvalue weighted by atomic mass is 9.98. The molecule has 0 bridgehead atoms. The van der Waals surface area contributed by atoms with E-state index in [0.717, 1.165) is 18.4 Å². The van der Waals surface area contributed by atoms with E-state index in [1.807, 2.05) is 0 Å². The molecule has 0 spiro atoms. The number of benzene rings is 1. The van der Waals surface area contributed by atoms with Crippen molar-refractivity contribution >= 4 is 11.9 Å². The lowest BCUT2D eigenvalue weighted by Crippen LogP contribution is -2.42. The van der Waals surface area contributed by atoms with Crippen LogP contribution in [0.25, 0.3) is 11.5 Å². The largest absolute Gasteiger partial charge is 0.481 e. The molecule has 0 saturated carbocycles. The number of aliphatic carboxylic acids is 1. The van der Waals surface area contributed by atoms with Gasteiger partial charge in [0, 0.05) is 13.1 Å². The third-order valence-electron chi connectivity index (χ3n) is 3.96. The predicted octanol–water partition coefficient (Wildman–Crippen LogP) is 2.56. The van der Waals surface area contributed by atoms with Gasteiger partial charge in [-0.3, -0.25) is 9.59 Å². The standard InChI is InChI=1S/C16H14F2N2O4/c17-10-4-1-5-11(18)13(10)14-19-12(8-24-14)15(21)20-6-2-3-9(7-20)16(22)23/h1,4-5,8-9H,2-3,6-7H2,(H,22,23)/t9-/m0/s1. The van der Waals surface area contributed by atoms with Gasteiger partial charge >= 0.3 is 5.97 Å². The quantitative estimate of drug-likeness (QED) is 0.931. The third-order valence-corrected chi connectivity index (χ3v) is 3.96. The van der Waals surface area contributed by atoms with Crippen LogP contribution >= 0.6 is 0 Å². The summed E-state index contributed by atoms with van der Waals surface area (Å²) in [4.78, 5) is 28.7. The molecule has 1 saturated heterocycles. The molecule has 1 aromatic heterocycles. The molecule has 0 aliphatic carbocycles. The number of piperidine rings is 1. The van der Waals surface area contributed by atoms with Crippen LogP contribution in [-0.2, 0) is 4.79 Å². The van der Waals surface area contributed by atoms with Gasteiger partial charge in [-0.1, -0.05) is 6.07 Å². The van der Waals surface area contributed by atoms with Crippen LogP contribution in [0.3, 0.4) is 0 Å². The van der Waals surface area contributed by atoms with Crippen LogP contribution < -0.4 is 0 Å². The number of amides is 1. The fourth-order valence-electron chi connectivity index (χ4n) is 2.71. The summed E-state index contributed by atoms with van der Waals surface area (Å²) in [5.41, 5.74) is -0.558. The predicted molar refractivity (Wildman–Crippen MR) is 78.1 cm³/mol. The average molecular weight is 336 g/mol. The Morgan fingerprint density at radius 2 is 2.00 bits per heavy atom. The topological polar surface area (TPSA) is 83.6 Å². The maximum atomic E-state index is 13.7. The zero-order valence-corrected chi connectivity index (χ0v) is 12.5. The van der Waals surface area contributed by atoms with Crippen LogP contribution in [0.4, 0.5) is 8.78 Å². The number of oxazole rings is 1. The summed E-state index contributed by atoms with van der Waals surface area (Å²) in [6.45, 7) is 0.475. The number of carboxylic acid groups (broad SMARTS) is 1. The number of rotatable bonds is 3. The molecule has 8 heteroatoms. The van der Waals surface area contributed by atoms with Gasteiger partial charge in [0.15, 0.2) is 5.69 Å². The molecule has 2 aromatic rings. The van der Waals surface area contributed by atoms with E-state index in [1.54, 1.807) is 0 Å². The highest BCUT2D eigenvalue weighted by Crippen LogP contribution is 2.26. The highest BCUT2D eigenvalue weighted by Gasteiger charge is 2.30. The first kappa shape index (κ1) is 16.1. The van der Waals surface area contributed by atoms with Crippen molar-refractivity contribution in [1.82, 2.24) is 9.88 Å². The molecule has 2 heterocycles. The van der Waals surface area contributed by atoms with Crippen LogP contribution in [0.1, 0.15) is 23.3 Å². The van der Waals surface area contributed by atoms with Gasteiger partial charge in [-0.25, -0.2) is 13.8 Å². The second kappa shape index (κ2) is 6.38. The Labute approximate surface area is 135 Å². The van der Waals surface area contributed by atoms with E-state index >= 15 is 0 Å². The number of hydrogen-bond donors (Lipinski definition) is 1. The van der Waals surface area contributed by atoms with E-state index in [4.69, 9.17) is 9.52 Å². The molecule has 6 nitrogen and oxygen atoms in total. The summed E-state index contributed by atoms with van der Waals surface area (Å²) in [7, 11) is 0. The number of carbonyl (C=O) groups is 2. The summed E-state index contributed by atoms with van der Waals surface area (Å²) < 4.78 is 32.5. The SMILES string of the molecule is O=C(O)[C@H]1CCCN(C(=O)c2coc(-c3c(F)cccc3F)n2)C1. The van der Waals surface area contributed by atoms with Crippen LogP contribution in [-0.4, -0.2) is 40.0 Å². The van der Waals surface area contributed by atoms with E-state index in [2.05, 4.69) is 4.98 Å². The summed E-state index contributed by atoms with van der Waals surface area (Å²) in [5, 5.41) is 9.07. The molecule has 0 unspecified atom stereocenters. The maximum Gasteiger partial charge on any atom is 0.308 e. The van der Waals surface area contributed by atoms with Crippen LogP contribution in [0.5, 0.6) is 0 Å². The lowest BCUT2D eigenvalue weighted by molar-refractivity contribution is -0.143. The smallest absolute Gasteiger partial charge is 0.308 e. The Kier molecular flexibility index (Phi) is 4.28. The third kappa shape index (κ3) is 2.99. The van der Waals surface area contributed by atoms with E-state index < -0.39 is 35.0 Å². The highest BCUT2D eigenvalue weighted by atomic mass is 19.1. The zero-order valence-electron chi connectivity index (χ0n) is 12.5. The number of halogens is 2. The van der Waals surface area contributed by atoms with Crippen molar-refractivity contribution in [2.24, 2.45) is 5.92 Å². The van der Waals surface area contributed by atoms with Crippen molar-refractivity contribution in [1.29, 1.82) is 0 Å². The van der Waals surface area contributed by atoms with Crippen LogP contribution in [0.2, 0.25) is 0 Å². The molecule has 0 radical (unpaired) electrons. The Hall–Kier alpha value is -2.77. The summed E-state index contributed by atoms with van der Waals surface area (Å²) in [6, 6.07) is 3.33. The van der Waals surface area contributed by atoms with Crippen LogP contribution in [0, 0.1) is 17.6 Å². The number of carboxylic acids is 1. The van der Waals surface area contributed by atoms with Gasteiger partial charge in [0.25, 0.3) is 5.91 Å². The van der Waals surface area contributed by atoms with Crippen LogP contribution in [0.15, 0.2) is 28.9 Å².